The van der Waals surface area contributed by atoms with Gasteiger partial charge >= 0.3 is 30.2 Å². The molecule has 3 aromatic rings. The third kappa shape index (κ3) is 6.47. The smallest absolute Gasteiger partial charge is 0.381 e. The van der Waals surface area contributed by atoms with E-state index >= 15 is 0 Å². The molecule has 212 valence electrons. The summed E-state index contributed by atoms with van der Waals surface area (Å²) in [5, 5.41) is 0. The molecule has 0 heterocycles. The molecule has 3 rings (SSSR count). The highest BCUT2D eigenvalue weighted by molar-refractivity contribution is 5.91. The van der Waals surface area contributed by atoms with E-state index in [0.29, 0.717) is 17.7 Å². The Morgan fingerprint density at radius 2 is 1.20 bits per heavy atom. The van der Waals surface area contributed by atoms with E-state index in [-0.39, 0.29) is 11.3 Å². The summed E-state index contributed by atoms with van der Waals surface area (Å²) in [7, 11) is 0. The van der Waals surface area contributed by atoms with E-state index in [2.05, 4.69) is 16.6 Å². The monoisotopic (exact) mass is 582 g/mol. The Morgan fingerprint density at radius 1 is 0.750 bits per heavy atom. The minimum absolute atomic E-state index is 0.0455. The van der Waals surface area contributed by atoms with Crippen LogP contribution < -0.4 is 9.47 Å². The molecule has 0 radical (unpaired) electrons. The van der Waals surface area contributed by atoms with E-state index in [4.69, 9.17) is 4.74 Å². The Morgan fingerprint density at radius 3 is 1.65 bits per heavy atom. The molecule has 0 saturated heterocycles. The lowest BCUT2D eigenvalue weighted by molar-refractivity contribution is -0.342. The maximum absolute atomic E-state index is 13.6. The van der Waals surface area contributed by atoms with Gasteiger partial charge in [0.2, 0.25) is 0 Å². The minimum atomic E-state index is -6.38. The summed E-state index contributed by atoms with van der Waals surface area (Å²) in [6.07, 6.45) is -5.03. The van der Waals surface area contributed by atoms with Crippen molar-refractivity contribution < 1.29 is 62.6 Å². The largest absolute Gasteiger partial charge is 0.487 e. The summed E-state index contributed by atoms with van der Waals surface area (Å²) in [6, 6.07) is 10.6. The van der Waals surface area contributed by atoms with Gasteiger partial charge in [-0.2, -0.15) is 26.3 Å². The summed E-state index contributed by atoms with van der Waals surface area (Å²) in [5.41, 5.74) is 0.0431. The summed E-state index contributed by atoms with van der Waals surface area (Å²) >= 11 is 0. The first-order valence-corrected chi connectivity index (χ1v) is 10.7. The number of carbonyl (C=O) groups is 1. The van der Waals surface area contributed by atoms with Crippen LogP contribution in [0.3, 0.4) is 0 Å². The van der Waals surface area contributed by atoms with Crippen molar-refractivity contribution in [2.45, 2.75) is 24.2 Å². The van der Waals surface area contributed by atoms with E-state index in [1.54, 1.807) is 0 Å². The number of carbonyl (C=O) groups excluding carboxylic acids is 1. The molecule has 0 amide bonds. The van der Waals surface area contributed by atoms with Crippen LogP contribution in [0.4, 0.5) is 48.3 Å². The number of halogens is 11. The lowest BCUT2D eigenvalue weighted by Crippen LogP contribution is -2.59. The second kappa shape index (κ2) is 11.4. The van der Waals surface area contributed by atoms with Gasteiger partial charge in [-0.05, 0) is 60.7 Å². The fraction of sp³-hybridized carbons (Fsp3) is 0.192. The van der Waals surface area contributed by atoms with Gasteiger partial charge < -0.3 is 9.47 Å². The highest BCUT2D eigenvalue weighted by Crippen LogP contribution is 2.48. The molecular weight excluding hydrogens is 569 g/mol. The normalized spacial score (nSPS) is 12.1. The molecule has 0 fully saturated rings. The van der Waals surface area contributed by atoms with Crippen LogP contribution in [0.25, 0.3) is 0 Å². The maximum atomic E-state index is 13.6. The Kier molecular flexibility index (Phi) is 8.66. The topological polar surface area (TPSA) is 35.5 Å². The average Bonchev–Trinajstić information content (AvgIpc) is 2.90. The predicted octanol–water partition coefficient (Wildman–Crippen LogP) is 7.27. The summed E-state index contributed by atoms with van der Waals surface area (Å²) < 4.78 is 153. The zero-order valence-corrected chi connectivity index (χ0v) is 19.4. The summed E-state index contributed by atoms with van der Waals surface area (Å²) in [4.78, 5) is 12.0. The highest BCUT2D eigenvalue weighted by Gasteiger charge is 2.75. The number of esters is 1. The van der Waals surface area contributed by atoms with Crippen molar-refractivity contribution in [1.29, 1.82) is 0 Å². The van der Waals surface area contributed by atoms with Crippen molar-refractivity contribution in [3.8, 4) is 23.3 Å². The standard InChI is InChI=1S/C26H13F11O3/c27-19-11-16(12-20(28)21(19)29)22(38)40-18-9-5-15(6-10-18)2-1-14-3-7-17(8-4-14)39-13-24(32,33)26(36,37)25(34,35)23(30)31/h3-12,23H,13H2. The number of rotatable bonds is 8. The number of ether oxygens (including phenoxy) is 2. The van der Waals surface area contributed by atoms with Gasteiger partial charge in [0.25, 0.3) is 0 Å². The van der Waals surface area contributed by atoms with Crippen LogP contribution in [0.5, 0.6) is 11.5 Å². The third-order valence-electron chi connectivity index (χ3n) is 5.06. The molecule has 40 heavy (non-hydrogen) atoms. The Hall–Kier alpha value is -4.28. The SMILES string of the molecule is O=C(Oc1ccc(C#Cc2ccc(OCC(F)(F)C(F)(F)C(F)(F)C(F)F)cc2)cc1)c1cc(F)c(F)c(F)c1. The molecular formula is C26H13F11O3. The Labute approximate surface area is 218 Å². The predicted molar refractivity (Wildman–Crippen MR) is 116 cm³/mol. The zero-order chi connectivity index (χ0) is 29.9. The number of benzene rings is 3. The van der Waals surface area contributed by atoms with Crippen molar-refractivity contribution >= 4 is 5.97 Å². The van der Waals surface area contributed by atoms with Gasteiger partial charge in [-0.3, -0.25) is 0 Å². The van der Waals surface area contributed by atoms with Gasteiger partial charge in [0, 0.05) is 11.1 Å². The number of hydrogen-bond acceptors (Lipinski definition) is 3. The maximum Gasteiger partial charge on any atom is 0.381 e. The first kappa shape index (κ1) is 30.3. The Balaban J connectivity index is 1.61. The highest BCUT2D eigenvalue weighted by atomic mass is 19.4. The van der Waals surface area contributed by atoms with Crippen molar-refractivity contribution in [3.63, 3.8) is 0 Å². The molecule has 0 N–H and O–H groups in total. The molecule has 0 aromatic heterocycles. The summed E-state index contributed by atoms with van der Waals surface area (Å²) in [5.74, 6) is -19.6. The minimum Gasteiger partial charge on any atom is -0.487 e. The molecule has 14 heteroatoms. The number of alkyl halides is 8. The van der Waals surface area contributed by atoms with E-state index < -0.39 is 65.5 Å². The van der Waals surface area contributed by atoms with E-state index in [9.17, 15) is 53.1 Å². The van der Waals surface area contributed by atoms with Gasteiger partial charge in [-0.15, -0.1) is 0 Å². The molecule has 0 aliphatic carbocycles. The van der Waals surface area contributed by atoms with Crippen LogP contribution in [0.15, 0.2) is 60.7 Å². The Bertz CT molecular complexity index is 1400. The van der Waals surface area contributed by atoms with E-state index in [1.807, 2.05) is 0 Å². The third-order valence-corrected chi connectivity index (χ3v) is 5.06. The fourth-order valence-electron chi connectivity index (χ4n) is 2.87. The second-order valence-electron chi connectivity index (χ2n) is 7.93. The molecule has 3 nitrogen and oxygen atoms in total. The first-order valence-electron chi connectivity index (χ1n) is 10.7. The molecule has 0 unspecified atom stereocenters. The molecule has 0 aliphatic heterocycles. The molecule has 0 aliphatic rings. The zero-order valence-electron chi connectivity index (χ0n) is 19.4. The molecule has 0 saturated carbocycles. The van der Waals surface area contributed by atoms with Crippen LogP contribution in [0, 0.1) is 29.3 Å². The van der Waals surface area contributed by atoms with Gasteiger partial charge in [0.15, 0.2) is 24.1 Å². The van der Waals surface area contributed by atoms with Gasteiger partial charge in [-0.1, -0.05) is 11.8 Å². The van der Waals surface area contributed by atoms with Crippen molar-refractivity contribution in [1.82, 2.24) is 0 Å². The van der Waals surface area contributed by atoms with Gasteiger partial charge in [0.05, 0.1) is 5.56 Å². The lowest BCUT2D eigenvalue weighted by Gasteiger charge is -2.31. The molecule has 0 bridgehead atoms. The number of hydrogen-bond donors (Lipinski definition) is 0. The first-order chi connectivity index (χ1) is 18.5. The van der Waals surface area contributed by atoms with Crippen molar-refractivity contribution in [2.75, 3.05) is 6.61 Å². The second-order valence-corrected chi connectivity index (χ2v) is 7.93. The summed E-state index contributed by atoms with van der Waals surface area (Å²) in [6.45, 7) is -2.31. The molecule has 0 spiro atoms. The van der Waals surface area contributed by atoms with Gasteiger partial charge in [0.1, 0.15) is 11.5 Å². The van der Waals surface area contributed by atoms with Crippen molar-refractivity contribution in [3.05, 3.63) is 94.8 Å². The van der Waals surface area contributed by atoms with Crippen LogP contribution >= 0.6 is 0 Å². The fourth-order valence-corrected chi connectivity index (χ4v) is 2.87. The van der Waals surface area contributed by atoms with Crippen LogP contribution in [0.1, 0.15) is 21.5 Å². The average molecular weight is 582 g/mol. The van der Waals surface area contributed by atoms with Crippen molar-refractivity contribution in [2.24, 2.45) is 0 Å². The molecule has 3 aromatic carbocycles. The van der Waals surface area contributed by atoms with Gasteiger partial charge in [-0.25, -0.2) is 26.7 Å². The van der Waals surface area contributed by atoms with Crippen LogP contribution in [-0.2, 0) is 0 Å². The van der Waals surface area contributed by atoms with Crippen LogP contribution in [0.2, 0.25) is 0 Å². The van der Waals surface area contributed by atoms with Crippen LogP contribution in [-0.4, -0.2) is 36.8 Å². The van der Waals surface area contributed by atoms with E-state index in [0.717, 1.165) is 12.1 Å². The van der Waals surface area contributed by atoms with E-state index in [1.165, 1.54) is 36.4 Å². The molecule has 0 atom stereocenters. The lowest BCUT2D eigenvalue weighted by atomic mass is 10.1. The quantitative estimate of drug-likeness (QED) is 0.0922.